The predicted octanol–water partition coefficient (Wildman–Crippen LogP) is 5.13. The van der Waals surface area contributed by atoms with E-state index < -0.39 is 23.5 Å². The highest BCUT2D eigenvalue weighted by Crippen LogP contribution is 2.39. The van der Waals surface area contributed by atoms with Gasteiger partial charge in [0.05, 0.1) is 17.7 Å². The summed E-state index contributed by atoms with van der Waals surface area (Å²) in [7, 11) is 0. The molecule has 5 nitrogen and oxygen atoms in total. The van der Waals surface area contributed by atoms with E-state index in [2.05, 4.69) is 15.9 Å². The molecule has 31 heavy (non-hydrogen) atoms. The molecule has 1 heterocycles. The third-order valence-electron chi connectivity index (χ3n) is 5.15. The predicted molar refractivity (Wildman–Crippen MR) is 120 cm³/mol. The van der Waals surface area contributed by atoms with Gasteiger partial charge in [-0.05, 0) is 62.6 Å². The van der Waals surface area contributed by atoms with Crippen molar-refractivity contribution < 1.29 is 23.8 Å². The average molecular weight is 490 g/mol. The molecule has 0 aromatic heterocycles. The molecular formula is C24H25BrFNO4. The van der Waals surface area contributed by atoms with E-state index in [1.54, 1.807) is 18.2 Å². The van der Waals surface area contributed by atoms with Gasteiger partial charge in [0.1, 0.15) is 11.6 Å². The van der Waals surface area contributed by atoms with Crippen molar-refractivity contribution in [2.45, 2.75) is 39.3 Å². The Morgan fingerprint density at radius 2 is 1.87 bits per heavy atom. The van der Waals surface area contributed by atoms with Gasteiger partial charge >= 0.3 is 0 Å². The molecule has 1 aliphatic rings. The average Bonchev–Trinajstić information content (AvgIpc) is 2.98. The quantitative estimate of drug-likeness (QED) is 0.253. The standard InChI is InChI=1S/C24H25BrFNO4/c1-14(2)31-12-4-11-27-21(16-5-8-18(26)9-6-16)20(23(29)24(27)30)22(28)17-7-10-19(25)15(3)13-17/h5-10,13-14,21,28H,4,11-12H2,1-3H3/b22-20-. The molecular weight excluding hydrogens is 465 g/mol. The van der Waals surface area contributed by atoms with Crippen molar-refractivity contribution in [3.8, 4) is 0 Å². The number of Topliss-reactive ketones (excluding diaryl/α,β-unsaturated/α-hetero) is 1. The van der Waals surface area contributed by atoms with Gasteiger partial charge in [0.2, 0.25) is 0 Å². The van der Waals surface area contributed by atoms with E-state index in [0.29, 0.717) is 24.2 Å². The first-order valence-corrected chi connectivity index (χ1v) is 10.9. The van der Waals surface area contributed by atoms with Crippen molar-refractivity contribution in [2.75, 3.05) is 13.2 Å². The molecule has 2 aromatic carbocycles. The summed E-state index contributed by atoms with van der Waals surface area (Å²) < 4.78 is 19.9. The number of aliphatic hydroxyl groups excluding tert-OH is 1. The maximum Gasteiger partial charge on any atom is 0.295 e. The molecule has 1 saturated heterocycles. The van der Waals surface area contributed by atoms with Crippen LogP contribution in [0.3, 0.4) is 0 Å². The molecule has 3 rings (SSSR count). The topological polar surface area (TPSA) is 66.8 Å². The van der Waals surface area contributed by atoms with Gasteiger partial charge in [-0.15, -0.1) is 0 Å². The second-order valence-corrected chi connectivity index (χ2v) is 8.64. The highest BCUT2D eigenvalue weighted by molar-refractivity contribution is 9.10. The maximum atomic E-state index is 13.5. The van der Waals surface area contributed by atoms with Crippen LogP contribution in [0.5, 0.6) is 0 Å². The van der Waals surface area contributed by atoms with Gasteiger partial charge in [-0.25, -0.2) is 4.39 Å². The monoisotopic (exact) mass is 489 g/mol. The molecule has 164 valence electrons. The fourth-order valence-electron chi connectivity index (χ4n) is 3.60. The molecule has 0 saturated carbocycles. The van der Waals surface area contributed by atoms with Crippen LogP contribution in [0.25, 0.3) is 5.76 Å². The Bertz CT molecular complexity index is 1020. The number of likely N-dealkylation sites (tertiary alicyclic amines) is 1. The molecule has 7 heteroatoms. The Labute approximate surface area is 189 Å². The summed E-state index contributed by atoms with van der Waals surface area (Å²) >= 11 is 3.42. The highest BCUT2D eigenvalue weighted by atomic mass is 79.9. The zero-order chi connectivity index (χ0) is 22.7. The summed E-state index contributed by atoms with van der Waals surface area (Å²) in [4.78, 5) is 27.2. The van der Waals surface area contributed by atoms with Crippen LogP contribution in [0.2, 0.25) is 0 Å². The number of ketones is 1. The van der Waals surface area contributed by atoms with Crippen molar-refractivity contribution in [1.29, 1.82) is 0 Å². The van der Waals surface area contributed by atoms with Crippen LogP contribution in [-0.2, 0) is 14.3 Å². The number of rotatable bonds is 7. The Kier molecular flexibility index (Phi) is 7.28. The Hall–Kier alpha value is -2.51. The number of ether oxygens (including phenoxy) is 1. The zero-order valence-corrected chi connectivity index (χ0v) is 19.3. The van der Waals surface area contributed by atoms with Gasteiger partial charge in [0.25, 0.3) is 11.7 Å². The Morgan fingerprint density at radius 1 is 1.19 bits per heavy atom. The summed E-state index contributed by atoms with van der Waals surface area (Å²) in [5.41, 5.74) is 1.88. The van der Waals surface area contributed by atoms with Crippen molar-refractivity contribution in [3.63, 3.8) is 0 Å². The number of hydrogen-bond donors (Lipinski definition) is 1. The molecule has 0 bridgehead atoms. The zero-order valence-electron chi connectivity index (χ0n) is 17.7. The van der Waals surface area contributed by atoms with Gasteiger partial charge in [-0.3, -0.25) is 9.59 Å². The Balaban J connectivity index is 2.04. The van der Waals surface area contributed by atoms with Crippen molar-refractivity contribution in [3.05, 3.63) is 75.0 Å². The summed E-state index contributed by atoms with van der Waals surface area (Å²) in [6.45, 7) is 6.42. The third-order valence-corrected chi connectivity index (χ3v) is 6.04. The number of halogens is 2. The minimum absolute atomic E-state index is 0.00288. The van der Waals surface area contributed by atoms with Crippen LogP contribution in [0.1, 0.15) is 43.0 Å². The first-order valence-electron chi connectivity index (χ1n) is 10.1. The van der Waals surface area contributed by atoms with E-state index in [0.717, 1.165) is 10.0 Å². The number of carbonyl (C=O) groups excluding carboxylic acids is 2. The Morgan fingerprint density at radius 3 is 2.48 bits per heavy atom. The van der Waals surface area contributed by atoms with E-state index in [9.17, 15) is 19.1 Å². The lowest BCUT2D eigenvalue weighted by molar-refractivity contribution is -0.140. The number of amides is 1. The normalized spacial score (nSPS) is 18.3. The molecule has 0 radical (unpaired) electrons. The molecule has 0 aliphatic carbocycles. The summed E-state index contributed by atoms with van der Waals surface area (Å²) in [5, 5.41) is 11.0. The van der Waals surface area contributed by atoms with E-state index in [-0.39, 0.29) is 24.0 Å². The number of nitrogens with zero attached hydrogens (tertiary/aromatic N) is 1. The fraction of sp³-hybridized carbons (Fsp3) is 0.333. The van der Waals surface area contributed by atoms with E-state index in [4.69, 9.17) is 4.74 Å². The largest absolute Gasteiger partial charge is 0.507 e. The van der Waals surface area contributed by atoms with Gasteiger partial charge in [0.15, 0.2) is 0 Å². The molecule has 0 spiro atoms. The minimum Gasteiger partial charge on any atom is -0.507 e. The molecule has 1 unspecified atom stereocenters. The third kappa shape index (κ3) is 5.05. The lowest BCUT2D eigenvalue weighted by atomic mass is 9.95. The van der Waals surface area contributed by atoms with Gasteiger partial charge in [-0.1, -0.05) is 34.1 Å². The minimum atomic E-state index is -0.802. The number of hydrogen-bond acceptors (Lipinski definition) is 4. The molecule has 1 amide bonds. The molecule has 1 fully saturated rings. The molecule has 2 aromatic rings. The number of aliphatic hydroxyl groups is 1. The van der Waals surface area contributed by atoms with Crippen molar-refractivity contribution in [1.82, 2.24) is 4.90 Å². The first-order chi connectivity index (χ1) is 14.7. The smallest absolute Gasteiger partial charge is 0.295 e. The number of carbonyl (C=O) groups is 2. The SMILES string of the molecule is Cc1cc(/C(O)=C2/C(=O)C(=O)N(CCCOC(C)C)C2c2ccc(F)cc2)ccc1Br. The molecule has 1 aliphatic heterocycles. The lowest BCUT2D eigenvalue weighted by Crippen LogP contribution is -2.31. The van der Waals surface area contributed by atoms with Crippen LogP contribution in [-0.4, -0.2) is 41.0 Å². The summed E-state index contributed by atoms with van der Waals surface area (Å²) in [6.07, 6.45) is 0.587. The van der Waals surface area contributed by atoms with Crippen LogP contribution < -0.4 is 0 Å². The van der Waals surface area contributed by atoms with Crippen LogP contribution >= 0.6 is 15.9 Å². The lowest BCUT2D eigenvalue weighted by Gasteiger charge is -2.25. The highest BCUT2D eigenvalue weighted by Gasteiger charge is 2.45. The number of benzene rings is 2. The van der Waals surface area contributed by atoms with E-state index in [1.807, 2.05) is 20.8 Å². The molecule has 1 atom stereocenters. The van der Waals surface area contributed by atoms with Crippen LogP contribution in [0.15, 0.2) is 52.5 Å². The maximum absolute atomic E-state index is 13.5. The van der Waals surface area contributed by atoms with Gasteiger partial charge < -0.3 is 14.7 Å². The van der Waals surface area contributed by atoms with E-state index in [1.165, 1.54) is 29.2 Å². The number of aryl methyl sites for hydroxylation is 1. The van der Waals surface area contributed by atoms with E-state index >= 15 is 0 Å². The second kappa shape index (κ2) is 9.75. The van der Waals surface area contributed by atoms with Crippen LogP contribution in [0, 0.1) is 12.7 Å². The van der Waals surface area contributed by atoms with Gasteiger partial charge in [-0.2, -0.15) is 0 Å². The van der Waals surface area contributed by atoms with Crippen LogP contribution in [0.4, 0.5) is 4.39 Å². The second-order valence-electron chi connectivity index (χ2n) is 7.78. The van der Waals surface area contributed by atoms with Crippen molar-refractivity contribution in [2.24, 2.45) is 0 Å². The summed E-state index contributed by atoms with van der Waals surface area (Å²) in [5.74, 6) is -2.11. The fourth-order valence-corrected chi connectivity index (χ4v) is 3.85. The first kappa shape index (κ1) is 23.2. The van der Waals surface area contributed by atoms with Crippen molar-refractivity contribution >= 4 is 33.4 Å². The molecule has 1 N–H and O–H groups in total. The van der Waals surface area contributed by atoms with Gasteiger partial charge in [0, 0.05) is 23.2 Å². The summed E-state index contributed by atoms with van der Waals surface area (Å²) in [6, 6.07) is 10.0.